The van der Waals surface area contributed by atoms with Crippen molar-refractivity contribution in [1.29, 1.82) is 0 Å². The summed E-state index contributed by atoms with van der Waals surface area (Å²) in [6.45, 7) is 10.5. The van der Waals surface area contributed by atoms with E-state index in [9.17, 15) is 9.90 Å². The van der Waals surface area contributed by atoms with Gasteiger partial charge in [0, 0.05) is 13.1 Å². The maximum Gasteiger partial charge on any atom is 0.407 e. The van der Waals surface area contributed by atoms with Gasteiger partial charge in [0.25, 0.3) is 0 Å². The van der Waals surface area contributed by atoms with Gasteiger partial charge in [-0.05, 0) is 26.0 Å². The topological polar surface area (TPSA) is 61.8 Å². The molecule has 1 aromatic rings. The summed E-state index contributed by atoms with van der Waals surface area (Å²) in [4.78, 5) is 14.2. The number of nitrogens with one attached hydrogen (secondary N) is 1. The molecule has 152 valence electrons. The van der Waals surface area contributed by atoms with Crippen LogP contribution in [0, 0.1) is 0 Å². The molecule has 5 nitrogen and oxygen atoms in total. The average molecular weight is 385 g/mol. The third kappa shape index (κ3) is 9.35. The van der Waals surface area contributed by atoms with Crippen molar-refractivity contribution < 1.29 is 14.6 Å². The molecule has 0 bridgehead atoms. The second-order valence-corrected chi connectivity index (χ2v) is 6.55. The Bertz CT molecular complexity index is 668. The number of allylic oxidation sites excluding steroid dienone is 4. The monoisotopic (exact) mass is 384 g/mol. The quantitative estimate of drug-likeness (QED) is 0.425. The van der Waals surface area contributed by atoms with Crippen LogP contribution < -0.4 is 5.32 Å². The Kier molecular flexibility index (Phi) is 11.3. The summed E-state index contributed by atoms with van der Waals surface area (Å²) in [6, 6.07) is 8.98. The van der Waals surface area contributed by atoms with Gasteiger partial charge in [-0.3, -0.25) is 0 Å². The summed E-state index contributed by atoms with van der Waals surface area (Å²) in [7, 11) is 1.89. The van der Waals surface area contributed by atoms with Crippen molar-refractivity contribution in [2.45, 2.75) is 32.1 Å². The summed E-state index contributed by atoms with van der Waals surface area (Å²) in [5, 5.41) is 13.5. The molecular weight excluding hydrogens is 352 g/mol. The standard InChI is InChI=1S/C23H32N2O3/c1-5-8-12-19(7-3)16-21(22(26)17-25(4)15-6-2)24-23(27)28-18-20-13-10-9-11-14-20/h5-14,21-22,26H,1-2,15-18H2,3-4H3,(H,24,27)/b12-8-,19-7+/t21-,22+/m0/s1. The van der Waals surface area contributed by atoms with Crippen LogP contribution in [0.3, 0.4) is 0 Å². The zero-order valence-corrected chi connectivity index (χ0v) is 16.9. The fourth-order valence-electron chi connectivity index (χ4n) is 2.67. The van der Waals surface area contributed by atoms with Crippen LogP contribution >= 0.6 is 0 Å². The maximum atomic E-state index is 12.3. The Labute approximate surface area is 168 Å². The van der Waals surface area contributed by atoms with E-state index in [-0.39, 0.29) is 6.61 Å². The molecular formula is C23H32N2O3. The minimum atomic E-state index is -0.763. The number of aliphatic hydroxyl groups excluding tert-OH is 1. The molecule has 0 saturated carbocycles. The van der Waals surface area contributed by atoms with E-state index in [2.05, 4.69) is 18.5 Å². The summed E-state index contributed by atoms with van der Waals surface area (Å²) >= 11 is 0. The molecule has 1 rings (SSSR count). The number of carbonyl (C=O) groups excluding carboxylic acids is 1. The Morgan fingerprint density at radius 3 is 2.64 bits per heavy atom. The summed E-state index contributed by atoms with van der Waals surface area (Å²) < 4.78 is 5.31. The lowest BCUT2D eigenvalue weighted by Crippen LogP contribution is -2.48. The second kappa shape index (κ2) is 13.5. The first kappa shape index (κ1) is 23.4. The highest BCUT2D eigenvalue weighted by atomic mass is 16.5. The Morgan fingerprint density at radius 1 is 1.32 bits per heavy atom. The highest BCUT2D eigenvalue weighted by Crippen LogP contribution is 2.13. The van der Waals surface area contributed by atoms with Gasteiger partial charge in [-0.15, -0.1) is 6.58 Å². The molecule has 0 aliphatic rings. The van der Waals surface area contributed by atoms with Crippen LogP contribution in [0.1, 0.15) is 18.9 Å². The van der Waals surface area contributed by atoms with Crippen molar-refractivity contribution in [3.8, 4) is 0 Å². The van der Waals surface area contributed by atoms with Gasteiger partial charge < -0.3 is 20.1 Å². The maximum absolute atomic E-state index is 12.3. The molecule has 0 radical (unpaired) electrons. The van der Waals surface area contributed by atoms with Crippen LogP contribution in [0.2, 0.25) is 0 Å². The van der Waals surface area contributed by atoms with E-state index in [1.54, 1.807) is 12.2 Å². The minimum absolute atomic E-state index is 0.179. The van der Waals surface area contributed by atoms with Gasteiger partial charge in [-0.25, -0.2) is 4.79 Å². The first-order valence-corrected chi connectivity index (χ1v) is 9.39. The SMILES string of the molecule is C=C/C=C\C(=C/C)C[C@H](NC(=O)OCc1ccccc1)[C@H](O)CN(C)CC=C. The molecule has 2 N–H and O–H groups in total. The molecule has 0 aromatic heterocycles. The minimum Gasteiger partial charge on any atom is -0.445 e. The molecule has 5 heteroatoms. The molecule has 0 spiro atoms. The summed E-state index contributed by atoms with van der Waals surface area (Å²) in [5.41, 5.74) is 1.89. The third-order valence-electron chi connectivity index (χ3n) is 4.19. The third-order valence-corrected chi connectivity index (χ3v) is 4.19. The lowest BCUT2D eigenvalue weighted by molar-refractivity contribution is 0.0811. The number of aliphatic hydroxyl groups is 1. The van der Waals surface area contributed by atoms with E-state index >= 15 is 0 Å². The average Bonchev–Trinajstić information content (AvgIpc) is 2.69. The smallest absolute Gasteiger partial charge is 0.407 e. The number of benzene rings is 1. The molecule has 0 aliphatic heterocycles. The normalized spacial score (nSPS) is 13.9. The van der Waals surface area contributed by atoms with Crippen molar-refractivity contribution >= 4 is 6.09 Å². The lowest BCUT2D eigenvalue weighted by atomic mass is 10.00. The van der Waals surface area contributed by atoms with Gasteiger partial charge >= 0.3 is 6.09 Å². The number of rotatable bonds is 12. The van der Waals surface area contributed by atoms with Crippen LogP contribution in [0.15, 0.2) is 79.4 Å². The van der Waals surface area contributed by atoms with Crippen LogP contribution in [-0.2, 0) is 11.3 Å². The van der Waals surface area contributed by atoms with Crippen molar-refractivity contribution in [1.82, 2.24) is 10.2 Å². The zero-order chi connectivity index (χ0) is 20.8. The highest BCUT2D eigenvalue weighted by molar-refractivity contribution is 5.67. The van der Waals surface area contributed by atoms with Crippen LogP contribution in [0.25, 0.3) is 0 Å². The highest BCUT2D eigenvalue weighted by Gasteiger charge is 2.23. The van der Waals surface area contributed by atoms with Gasteiger partial charge in [0.2, 0.25) is 0 Å². The van der Waals surface area contributed by atoms with E-state index in [0.717, 1.165) is 11.1 Å². The number of amides is 1. The Hall–Kier alpha value is -2.63. The Balaban J connectivity index is 2.76. The molecule has 1 aromatic carbocycles. The van der Waals surface area contributed by atoms with E-state index in [0.29, 0.717) is 19.5 Å². The number of nitrogens with zero attached hydrogens (tertiary/aromatic N) is 1. The van der Waals surface area contributed by atoms with E-state index in [1.165, 1.54) is 0 Å². The van der Waals surface area contributed by atoms with Crippen molar-refractivity contribution in [2.24, 2.45) is 0 Å². The molecule has 0 aliphatic carbocycles. The number of ether oxygens (including phenoxy) is 1. The summed E-state index contributed by atoms with van der Waals surface area (Å²) in [5.74, 6) is 0. The van der Waals surface area contributed by atoms with Gasteiger partial charge in [-0.2, -0.15) is 0 Å². The largest absolute Gasteiger partial charge is 0.445 e. The van der Waals surface area contributed by atoms with Gasteiger partial charge in [0.05, 0.1) is 12.1 Å². The fraction of sp³-hybridized carbons (Fsp3) is 0.348. The van der Waals surface area contributed by atoms with Gasteiger partial charge in [0.15, 0.2) is 0 Å². The van der Waals surface area contributed by atoms with Crippen molar-refractivity contribution in [3.05, 3.63) is 85.0 Å². The molecule has 28 heavy (non-hydrogen) atoms. The molecule has 0 heterocycles. The van der Waals surface area contributed by atoms with Gasteiger partial charge in [0.1, 0.15) is 6.61 Å². The summed E-state index contributed by atoms with van der Waals surface area (Å²) in [6.07, 6.45) is 8.31. The number of hydrogen-bond acceptors (Lipinski definition) is 4. The zero-order valence-electron chi connectivity index (χ0n) is 16.9. The van der Waals surface area contributed by atoms with Crippen LogP contribution in [0.5, 0.6) is 0 Å². The predicted octanol–water partition coefficient (Wildman–Crippen LogP) is 3.84. The van der Waals surface area contributed by atoms with E-state index in [1.807, 2.05) is 67.4 Å². The first-order valence-electron chi connectivity index (χ1n) is 9.39. The first-order chi connectivity index (χ1) is 13.5. The second-order valence-electron chi connectivity index (χ2n) is 6.55. The van der Waals surface area contributed by atoms with Crippen molar-refractivity contribution in [2.75, 3.05) is 20.1 Å². The fourth-order valence-corrected chi connectivity index (χ4v) is 2.67. The van der Waals surface area contributed by atoms with Crippen LogP contribution in [-0.4, -0.2) is 48.4 Å². The lowest BCUT2D eigenvalue weighted by Gasteiger charge is -2.27. The number of hydrogen-bond donors (Lipinski definition) is 2. The molecule has 0 saturated heterocycles. The number of alkyl carbamates (subject to hydrolysis) is 1. The Morgan fingerprint density at radius 2 is 2.04 bits per heavy atom. The van der Waals surface area contributed by atoms with Crippen LogP contribution in [0.4, 0.5) is 4.79 Å². The predicted molar refractivity (Wildman–Crippen MR) is 115 cm³/mol. The molecule has 0 fully saturated rings. The molecule has 0 unspecified atom stereocenters. The number of carbonyl (C=O) groups is 1. The number of likely N-dealkylation sites (N-methyl/N-ethyl adjacent to an activating group) is 1. The molecule has 1 amide bonds. The van der Waals surface area contributed by atoms with E-state index < -0.39 is 18.2 Å². The molecule has 2 atom stereocenters. The van der Waals surface area contributed by atoms with E-state index in [4.69, 9.17) is 4.74 Å². The van der Waals surface area contributed by atoms with Gasteiger partial charge in [-0.1, -0.05) is 72.9 Å². The van der Waals surface area contributed by atoms with Crippen molar-refractivity contribution in [3.63, 3.8) is 0 Å².